The van der Waals surface area contributed by atoms with Crippen LogP contribution in [0.5, 0.6) is 0 Å². The first-order chi connectivity index (χ1) is 15.6. The maximum absolute atomic E-state index is 13.0. The summed E-state index contributed by atoms with van der Waals surface area (Å²) in [5.41, 5.74) is 1.02. The second-order valence-electron chi connectivity index (χ2n) is 7.37. The van der Waals surface area contributed by atoms with Crippen LogP contribution < -0.4 is 10.2 Å². The van der Waals surface area contributed by atoms with Crippen LogP contribution in [-0.2, 0) is 15.8 Å². The fourth-order valence-electron chi connectivity index (χ4n) is 3.66. The van der Waals surface area contributed by atoms with E-state index in [9.17, 15) is 8.42 Å². The monoisotopic (exact) mass is 451 g/mol. The fraction of sp³-hybridized carbons (Fsp3) is 0.238. The van der Waals surface area contributed by atoms with Crippen molar-refractivity contribution in [1.82, 2.24) is 24.4 Å². The molecule has 1 fully saturated rings. The van der Waals surface area contributed by atoms with Crippen LogP contribution in [0.25, 0.3) is 11.0 Å². The van der Waals surface area contributed by atoms with Crippen molar-refractivity contribution in [1.29, 1.82) is 0 Å². The summed E-state index contributed by atoms with van der Waals surface area (Å²) in [5, 5.41) is 7.83. The van der Waals surface area contributed by atoms with Crippen molar-refractivity contribution in [2.75, 3.05) is 36.4 Å². The zero-order valence-electron chi connectivity index (χ0n) is 17.1. The minimum Gasteiger partial charge on any atom is -0.356 e. The van der Waals surface area contributed by atoms with Gasteiger partial charge in [-0.25, -0.2) is 23.4 Å². The Morgan fingerprint density at radius 3 is 2.56 bits per heavy atom. The van der Waals surface area contributed by atoms with E-state index in [4.69, 9.17) is 4.52 Å². The molecule has 0 bridgehead atoms. The molecule has 1 aliphatic rings. The van der Waals surface area contributed by atoms with E-state index in [1.165, 1.54) is 10.6 Å². The van der Waals surface area contributed by atoms with Gasteiger partial charge in [0.2, 0.25) is 10.0 Å². The minimum atomic E-state index is -3.52. The van der Waals surface area contributed by atoms with Gasteiger partial charge >= 0.3 is 0 Å². The molecule has 0 atom stereocenters. The fourth-order valence-corrected chi connectivity index (χ4v) is 5.11. The Morgan fingerprint density at radius 1 is 0.938 bits per heavy atom. The van der Waals surface area contributed by atoms with Crippen LogP contribution in [0.15, 0.2) is 65.6 Å². The maximum Gasteiger partial charge on any atom is 0.220 e. The van der Waals surface area contributed by atoms with Gasteiger partial charge in [0.15, 0.2) is 5.58 Å². The predicted molar refractivity (Wildman–Crippen MR) is 120 cm³/mol. The zero-order chi connectivity index (χ0) is 22.0. The van der Waals surface area contributed by atoms with Gasteiger partial charge in [0, 0.05) is 43.8 Å². The highest BCUT2D eigenvalue weighted by Gasteiger charge is 2.29. The first kappa shape index (κ1) is 20.3. The molecular weight excluding hydrogens is 430 g/mol. The highest BCUT2D eigenvalue weighted by Crippen LogP contribution is 2.23. The summed E-state index contributed by atoms with van der Waals surface area (Å²) in [4.78, 5) is 14.9. The van der Waals surface area contributed by atoms with Gasteiger partial charge in [0.05, 0.1) is 0 Å². The first-order valence-corrected chi connectivity index (χ1v) is 11.8. The largest absolute Gasteiger partial charge is 0.356 e. The summed E-state index contributed by atoms with van der Waals surface area (Å²) in [6.07, 6.45) is 3.19. The number of para-hydroxylation sites is 1. The number of sulfonamides is 1. The molecule has 1 aromatic carbocycles. The van der Waals surface area contributed by atoms with E-state index in [1.54, 1.807) is 12.3 Å². The third kappa shape index (κ3) is 4.25. The molecule has 0 saturated carbocycles. The van der Waals surface area contributed by atoms with Gasteiger partial charge in [-0.15, -0.1) is 0 Å². The number of rotatable bonds is 6. The summed E-state index contributed by atoms with van der Waals surface area (Å²) in [5.74, 6) is 1.86. The Bertz CT molecular complexity index is 1320. The quantitative estimate of drug-likeness (QED) is 0.471. The zero-order valence-corrected chi connectivity index (χ0v) is 17.9. The minimum absolute atomic E-state index is 0.185. The highest BCUT2D eigenvalue weighted by molar-refractivity contribution is 7.88. The topological polar surface area (TPSA) is 117 Å². The lowest BCUT2D eigenvalue weighted by Gasteiger charge is -2.34. The molecule has 0 spiro atoms. The summed E-state index contributed by atoms with van der Waals surface area (Å²) >= 11 is 0. The smallest absolute Gasteiger partial charge is 0.220 e. The van der Waals surface area contributed by atoms with Crippen molar-refractivity contribution in [2.24, 2.45) is 0 Å². The Morgan fingerprint density at radius 2 is 1.75 bits per heavy atom. The van der Waals surface area contributed by atoms with Crippen molar-refractivity contribution in [3.63, 3.8) is 0 Å². The third-order valence-electron chi connectivity index (χ3n) is 5.30. The van der Waals surface area contributed by atoms with Crippen LogP contribution >= 0.6 is 0 Å². The number of nitrogens with zero attached hydrogens (tertiary/aromatic N) is 6. The number of anilines is 3. The molecule has 1 saturated heterocycles. The molecule has 1 aliphatic heterocycles. The van der Waals surface area contributed by atoms with Crippen LogP contribution in [0.2, 0.25) is 0 Å². The van der Waals surface area contributed by atoms with Gasteiger partial charge in [-0.2, -0.15) is 4.31 Å². The number of piperazine rings is 1. The molecule has 1 N–H and O–H groups in total. The number of fused-ring (bicyclic) bond motifs is 1. The molecule has 0 amide bonds. The highest BCUT2D eigenvalue weighted by atomic mass is 32.2. The summed E-state index contributed by atoms with van der Waals surface area (Å²) in [7, 11) is -3.52. The number of benzene rings is 1. The molecule has 3 aromatic heterocycles. The lowest BCUT2D eigenvalue weighted by atomic mass is 10.2. The van der Waals surface area contributed by atoms with E-state index in [2.05, 4.69) is 25.4 Å². The van der Waals surface area contributed by atoms with Crippen LogP contribution in [-0.4, -0.2) is 59.0 Å². The summed E-state index contributed by atoms with van der Waals surface area (Å²) in [6.45, 7) is 1.79. The second kappa shape index (κ2) is 8.52. The lowest BCUT2D eigenvalue weighted by molar-refractivity contribution is 0.382. The van der Waals surface area contributed by atoms with Gasteiger partial charge < -0.3 is 14.7 Å². The number of hydrogen-bond acceptors (Lipinski definition) is 9. The number of nitrogens with one attached hydrogen (secondary N) is 1. The molecule has 32 heavy (non-hydrogen) atoms. The van der Waals surface area contributed by atoms with Crippen LogP contribution in [0.1, 0.15) is 5.69 Å². The van der Waals surface area contributed by atoms with E-state index < -0.39 is 10.0 Å². The van der Waals surface area contributed by atoms with E-state index in [0.29, 0.717) is 49.1 Å². The van der Waals surface area contributed by atoms with Crippen LogP contribution in [0.3, 0.4) is 0 Å². The SMILES string of the molecule is O=S(=O)(Cc1noc2ccccc12)N1CCN(c2cc(Nc3ccccn3)ncn2)CC1. The Labute approximate surface area is 185 Å². The van der Waals surface area contributed by atoms with E-state index in [1.807, 2.05) is 47.4 Å². The molecule has 0 radical (unpaired) electrons. The molecular formula is C21H21N7O3S. The van der Waals surface area contributed by atoms with Crippen LogP contribution in [0.4, 0.5) is 17.5 Å². The number of hydrogen-bond donors (Lipinski definition) is 1. The third-order valence-corrected chi connectivity index (χ3v) is 7.09. The van der Waals surface area contributed by atoms with Gasteiger partial charge in [0.1, 0.15) is 35.2 Å². The molecule has 4 heterocycles. The van der Waals surface area contributed by atoms with Crippen molar-refractivity contribution in [3.05, 3.63) is 66.7 Å². The van der Waals surface area contributed by atoms with Gasteiger partial charge in [-0.1, -0.05) is 23.4 Å². The van der Waals surface area contributed by atoms with Gasteiger partial charge in [0.25, 0.3) is 0 Å². The van der Waals surface area contributed by atoms with E-state index >= 15 is 0 Å². The predicted octanol–water partition coefficient (Wildman–Crippen LogP) is 2.41. The van der Waals surface area contributed by atoms with Gasteiger partial charge in [-0.05, 0) is 24.3 Å². The second-order valence-corrected chi connectivity index (χ2v) is 9.34. The summed E-state index contributed by atoms with van der Waals surface area (Å²) < 4.78 is 32.7. The standard InChI is InChI=1S/C21H21N7O3S/c29-32(30,14-17-16-5-1-2-6-18(16)31-26-17)28-11-9-27(10-12-28)21-13-20(23-15-24-21)25-19-7-3-4-8-22-19/h1-8,13,15H,9-12,14H2,(H,22,23,24,25). The van der Waals surface area contributed by atoms with E-state index in [-0.39, 0.29) is 5.75 Å². The Balaban J connectivity index is 1.24. The normalized spacial score (nSPS) is 15.2. The van der Waals surface area contributed by atoms with Crippen molar-refractivity contribution in [2.45, 2.75) is 5.75 Å². The summed E-state index contributed by atoms with van der Waals surface area (Å²) in [6, 6.07) is 14.7. The molecule has 0 aliphatic carbocycles. The molecule has 164 valence electrons. The number of aromatic nitrogens is 4. The van der Waals surface area contributed by atoms with Crippen molar-refractivity contribution >= 4 is 38.4 Å². The molecule has 0 unspecified atom stereocenters. The van der Waals surface area contributed by atoms with Gasteiger partial charge in [-0.3, -0.25) is 0 Å². The first-order valence-electron chi connectivity index (χ1n) is 10.1. The molecule has 10 nitrogen and oxygen atoms in total. The average Bonchev–Trinajstić information content (AvgIpc) is 3.22. The molecule has 11 heteroatoms. The van der Waals surface area contributed by atoms with Crippen LogP contribution in [0, 0.1) is 0 Å². The Kier molecular flexibility index (Phi) is 5.41. The molecule has 5 rings (SSSR count). The number of pyridine rings is 1. The molecule has 4 aromatic rings. The Hall–Kier alpha value is -3.57. The lowest BCUT2D eigenvalue weighted by Crippen LogP contribution is -2.49. The maximum atomic E-state index is 13.0. The average molecular weight is 452 g/mol. The van der Waals surface area contributed by atoms with Crippen molar-refractivity contribution in [3.8, 4) is 0 Å². The van der Waals surface area contributed by atoms with Crippen molar-refractivity contribution < 1.29 is 12.9 Å². The van der Waals surface area contributed by atoms with E-state index in [0.717, 1.165) is 11.2 Å².